The van der Waals surface area contributed by atoms with Crippen LogP contribution in [-0.2, 0) is 0 Å². The van der Waals surface area contributed by atoms with Crippen molar-refractivity contribution in [2.24, 2.45) is 47.3 Å². The Morgan fingerprint density at radius 3 is 2.13 bits per heavy atom. The lowest BCUT2D eigenvalue weighted by atomic mass is 9.69. The molecule has 2 aliphatic rings. The lowest BCUT2D eigenvalue weighted by Gasteiger charge is -2.36. The zero-order valence-corrected chi connectivity index (χ0v) is 16.4. The number of hydrogen-bond acceptors (Lipinski definition) is 0. The second-order valence-corrected chi connectivity index (χ2v) is 9.46. The number of alkyl halides is 1. The number of rotatable bonds is 8. The van der Waals surface area contributed by atoms with Crippen LogP contribution in [0.1, 0.15) is 86.0 Å². The first-order valence-corrected chi connectivity index (χ1v) is 10.5. The summed E-state index contributed by atoms with van der Waals surface area (Å²) in [7, 11) is 0. The van der Waals surface area contributed by atoms with E-state index >= 15 is 0 Å². The minimum absolute atomic E-state index is 0.145. The fourth-order valence-corrected chi connectivity index (χ4v) is 6.25. The van der Waals surface area contributed by atoms with E-state index in [-0.39, 0.29) is 6.67 Å². The summed E-state index contributed by atoms with van der Waals surface area (Å²) in [4.78, 5) is 0. The maximum Gasteiger partial charge on any atom is 0.0897 e. The van der Waals surface area contributed by atoms with Crippen LogP contribution in [0.15, 0.2) is 0 Å². The lowest BCUT2D eigenvalue weighted by Crippen LogP contribution is -2.30. The zero-order valence-electron chi connectivity index (χ0n) is 16.4. The second-order valence-electron chi connectivity index (χ2n) is 9.46. The molecule has 1 heteroatoms. The first kappa shape index (κ1) is 19.3. The second kappa shape index (κ2) is 8.86. The van der Waals surface area contributed by atoms with Gasteiger partial charge in [-0.1, -0.05) is 73.1 Å². The van der Waals surface area contributed by atoms with Crippen molar-refractivity contribution in [1.29, 1.82) is 0 Å². The minimum atomic E-state index is -0.145. The van der Waals surface area contributed by atoms with Crippen LogP contribution in [0.5, 0.6) is 0 Å². The molecule has 23 heavy (non-hydrogen) atoms. The van der Waals surface area contributed by atoms with Crippen molar-refractivity contribution in [3.63, 3.8) is 0 Å². The SMILES string of the molecule is CC(CCF)CCC(C)C1C(C)CC(C2CCCC2)C1C(C)C. The van der Waals surface area contributed by atoms with Gasteiger partial charge in [-0.15, -0.1) is 0 Å². The van der Waals surface area contributed by atoms with Crippen LogP contribution < -0.4 is 0 Å². The van der Waals surface area contributed by atoms with Gasteiger partial charge >= 0.3 is 0 Å². The molecule has 2 aliphatic carbocycles. The van der Waals surface area contributed by atoms with Crippen molar-refractivity contribution in [1.82, 2.24) is 0 Å². The Hall–Kier alpha value is -0.0700. The summed E-state index contributed by atoms with van der Waals surface area (Å²) in [6.45, 7) is 12.0. The molecule has 0 N–H and O–H groups in total. The van der Waals surface area contributed by atoms with Crippen LogP contribution in [0.2, 0.25) is 0 Å². The lowest BCUT2D eigenvalue weighted by molar-refractivity contribution is 0.125. The summed E-state index contributed by atoms with van der Waals surface area (Å²) in [5.41, 5.74) is 0. The van der Waals surface area contributed by atoms with Crippen LogP contribution in [-0.4, -0.2) is 6.67 Å². The maximum absolute atomic E-state index is 12.5. The van der Waals surface area contributed by atoms with E-state index in [9.17, 15) is 4.39 Å². The Morgan fingerprint density at radius 2 is 1.57 bits per heavy atom. The molecule has 0 aromatic rings. The highest BCUT2D eigenvalue weighted by atomic mass is 19.1. The van der Waals surface area contributed by atoms with Crippen molar-refractivity contribution in [2.75, 3.05) is 6.67 Å². The minimum Gasteiger partial charge on any atom is -0.251 e. The Bertz CT molecular complexity index is 331. The van der Waals surface area contributed by atoms with E-state index in [1.165, 1.54) is 44.9 Å². The smallest absolute Gasteiger partial charge is 0.0897 e. The van der Waals surface area contributed by atoms with Gasteiger partial charge in [-0.05, 0) is 60.2 Å². The molecule has 0 nitrogen and oxygen atoms in total. The van der Waals surface area contributed by atoms with Crippen LogP contribution in [0.25, 0.3) is 0 Å². The van der Waals surface area contributed by atoms with Crippen LogP contribution >= 0.6 is 0 Å². The fraction of sp³-hybridized carbons (Fsp3) is 1.00. The summed E-state index contributed by atoms with van der Waals surface area (Å²) in [6, 6.07) is 0. The van der Waals surface area contributed by atoms with E-state index in [4.69, 9.17) is 0 Å². The average molecular weight is 325 g/mol. The third kappa shape index (κ3) is 4.73. The molecule has 0 aromatic carbocycles. The summed E-state index contributed by atoms with van der Waals surface area (Å²) in [6.07, 6.45) is 10.7. The Morgan fingerprint density at radius 1 is 0.913 bits per heavy atom. The molecule has 0 aliphatic heterocycles. The van der Waals surface area contributed by atoms with Gasteiger partial charge in [0.2, 0.25) is 0 Å². The van der Waals surface area contributed by atoms with Crippen molar-refractivity contribution in [3.05, 3.63) is 0 Å². The predicted molar refractivity (Wildman–Crippen MR) is 99.2 cm³/mol. The summed E-state index contributed by atoms with van der Waals surface area (Å²) in [5.74, 6) is 6.92. The topological polar surface area (TPSA) is 0 Å². The van der Waals surface area contributed by atoms with E-state index < -0.39 is 0 Å². The van der Waals surface area contributed by atoms with Gasteiger partial charge in [0.05, 0.1) is 6.67 Å². The Kier molecular flexibility index (Phi) is 7.42. The normalized spacial score (nSPS) is 35.1. The van der Waals surface area contributed by atoms with E-state index in [0.29, 0.717) is 5.92 Å². The van der Waals surface area contributed by atoms with Gasteiger partial charge in [-0.25, -0.2) is 0 Å². The predicted octanol–water partition coefficient (Wildman–Crippen LogP) is 7.13. The highest BCUT2D eigenvalue weighted by molar-refractivity contribution is 4.96. The Balaban J connectivity index is 2.00. The molecular weight excluding hydrogens is 283 g/mol. The first-order chi connectivity index (χ1) is 11.0. The van der Waals surface area contributed by atoms with Crippen LogP contribution in [0.3, 0.4) is 0 Å². The van der Waals surface area contributed by atoms with Gasteiger partial charge in [0.15, 0.2) is 0 Å². The standard InChI is InChI=1S/C22H41F/c1-15(2)21-20(19-8-6-7-9-19)14-18(5)22(21)17(4)11-10-16(3)12-13-23/h15-22H,6-14H2,1-5H3. The van der Waals surface area contributed by atoms with Crippen LogP contribution in [0.4, 0.5) is 4.39 Å². The molecule has 0 radical (unpaired) electrons. The monoisotopic (exact) mass is 324 g/mol. The largest absolute Gasteiger partial charge is 0.251 e. The average Bonchev–Trinajstić information content (AvgIpc) is 3.12. The molecule has 0 aromatic heterocycles. The fourth-order valence-electron chi connectivity index (χ4n) is 6.25. The van der Waals surface area contributed by atoms with E-state index in [1.54, 1.807) is 0 Å². The van der Waals surface area contributed by atoms with E-state index in [0.717, 1.165) is 47.8 Å². The molecule has 136 valence electrons. The molecule has 0 amide bonds. The van der Waals surface area contributed by atoms with Gasteiger partial charge in [-0.3, -0.25) is 4.39 Å². The molecule has 0 spiro atoms. The third-order valence-electron chi connectivity index (χ3n) is 7.39. The molecule has 0 saturated heterocycles. The molecule has 2 fully saturated rings. The summed E-state index contributed by atoms with van der Waals surface area (Å²) in [5, 5.41) is 0. The van der Waals surface area contributed by atoms with E-state index in [1.807, 2.05) is 0 Å². The zero-order chi connectivity index (χ0) is 17.0. The molecular formula is C22H41F. The quantitative estimate of drug-likeness (QED) is 0.445. The van der Waals surface area contributed by atoms with Gasteiger partial charge in [0.1, 0.15) is 0 Å². The molecule has 6 atom stereocenters. The van der Waals surface area contributed by atoms with Crippen molar-refractivity contribution >= 4 is 0 Å². The molecule has 2 rings (SSSR count). The molecule has 0 bridgehead atoms. The first-order valence-electron chi connectivity index (χ1n) is 10.5. The maximum atomic E-state index is 12.5. The molecule has 2 saturated carbocycles. The third-order valence-corrected chi connectivity index (χ3v) is 7.39. The van der Waals surface area contributed by atoms with Crippen molar-refractivity contribution < 1.29 is 4.39 Å². The van der Waals surface area contributed by atoms with Crippen LogP contribution in [0, 0.1) is 47.3 Å². The summed E-state index contributed by atoms with van der Waals surface area (Å²) >= 11 is 0. The van der Waals surface area contributed by atoms with Gasteiger partial charge in [0.25, 0.3) is 0 Å². The number of hydrogen-bond donors (Lipinski definition) is 0. The van der Waals surface area contributed by atoms with Gasteiger partial charge < -0.3 is 0 Å². The van der Waals surface area contributed by atoms with Crippen molar-refractivity contribution in [2.45, 2.75) is 86.0 Å². The number of halogens is 1. The van der Waals surface area contributed by atoms with E-state index in [2.05, 4.69) is 34.6 Å². The highest BCUT2D eigenvalue weighted by Crippen LogP contribution is 2.54. The van der Waals surface area contributed by atoms with Gasteiger partial charge in [-0.2, -0.15) is 0 Å². The van der Waals surface area contributed by atoms with Gasteiger partial charge in [0, 0.05) is 0 Å². The molecule has 0 heterocycles. The molecule has 6 unspecified atom stereocenters. The van der Waals surface area contributed by atoms with Crippen molar-refractivity contribution in [3.8, 4) is 0 Å². The highest BCUT2D eigenvalue weighted by Gasteiger charge is 2.47. The summed E-state index contributed by atoms with van der Waals surface area (Å²) < 4.78 is 12.5. The Labute approximate surface area is 145 Å².